The average molecular weight is 272 g/mol. The van der Waals surface area contributed by atoms with Crippen molar-refractivity contribution in [3.05, 3.63) is 35.4 Å². The number of amides is 1. The van der Waals surface area contributed by atoms with Crippen molar-refractivity contribution in [1.82, 2.24) is 5.32 Å². The number of hydrogen-bond acceptors (Lipinski definition) is 2. The first-order valence-corrected chi connectivity index (χ1v) is 7.85. The van der Waals surface area contributed by atoms with Gasteiger partial charge in [0, 0.05) is 18.0 Å². The fraction of sp³-hybridized carbons (Fsp3) is 0.588. The third kappa shape index (κ3) is 3.04. The zero-order valence-electron chi connectivity index (χ0n) is 12.0. The number of benzene rings is 1. The SMILES string of the molecule is NC1CCC(C(=O)NC2CCc3ccccc3C2)CC1. The molecule has 0 radical (unpaired) electrons. The average Bonchev–Trinajstić information content (AvgIpc) is 2.48. The number of hydrogen-bond donors (Lipinski definition) is 2. The van der Waals surface area contributed by atoms with Gasteiger partial charge >= 0.3 is 0 Å². The summed E-state index contributed by atoms with van der Waals surface area (Å²) in [5.41, 5.74) is 8.75. The Hall–Kier alpha value is -1.35. The van der Waals surface area contributed by atoms with Crippen LogP contribution in [0.3, 0.4) is 0 Å². The van der Waals surface area contributed by atoms with Crippen molar-refractivity contribution in [3.8, 4) is 0 Å². The van der Waals surface area contributed by atoms with E-state index in [9.17, 15) is 4.79 Å². The van der Waals surface area contributed by atoms with Crippen LogP contribution in [0.15, 0.2) is 24.3 Å². The smallest absolute Gasteiger partial charge is 0.223 e. The lowest BCUT2D eigenvalue weighted by Crippen LogP contribution is -2.43. The van der Waals surface area contributed by atoms with Crippen LogP contribution in [0.25, 0.3) is 0 Å². The van der Waals surface area contributed by atoms with Crippen molar-refractivity contribution in [2.45, 2.75) is 57.0 Å². The molecule has 108 valence electrons. The minimum atomic E-state index is 0.187. The Morgan fingerprint density at radius 2 is 1.75 bits per heavy atom. The second-order valence-electron chi connectivity index (χ2n) is 6.33. The lowest BCUT2D eigenvalue weighted by atomic mass is 9.84. The van der Waals surface area contributed by atoms with Gasteiger partial charge in [-0.1, -0.05) is 24.3 Å². The number of nitrogens with one attached hydrogen (secondary N) is 1. The number of fused-ring (bicyclic) bond motifs is 1. The molecule has 20 heavy (non-hydrogen) atoms. The van der Waals surface area contributed by atoms with Gasteiger partial charge in [-0.25, -0.2) is 0 Å². The van der Waals surface area contributed by atoms with E-state index in [2.05, 4.69) is 29.6 Å². The summed E-state index contributed by atoms with van der Waals surface area (Å²) in [7, 11) is 0. The number of nitrogens with two attached hydrogens (primary N) is 1. The molecule has 0 spiro atoms. The van der Waals surface area contributed by atoms with Crippen molar-refractivity contribution >= 4 is 5.91 Å². The molecular formula is C17H24N2O. The van der Waals surface area contributed by atoms with Gasteiger partial charge in [0.1, 0.15) is 0 Å². The van der Waals surface area contributed by atoms with Gasteiger partial charge in [0.15, 0.2) is 0 Å². The Bertz CT molecular complexity index is 478. The van der Waals surface area contributed by atoms with E-state index in [0.29, 0.717) is 12.1 Å². The van der Waals surface area contributed by atoms with Crippen molar-refractivity contribution in [3.63, 3.8) is 0 Å². The highest BCUT2D eigenvalue weighted by Crippen LogP contribution is 2.25. The van der Waals surface area contributed by atoms with Crippen LogP contribution in [0.1, 0.15) is 43.2 Å². The van der Waals surface area contributed by atoms with Crippen molar-refractivity contribution in [1.29, 1.82) is 0 Å². The van der Waals surface area contributed by atoms with E-state index in [-0.39, 0.29) is 11.8 Å². The molecule has 3 nitrogen and oxygen atoms in total. The fourth-order valence-corrected chi connectivity index (χ4v) is 3.52. The normalized spacial score (nSPS) is 29.6. The van der Waals surface area contributed by atoms with Crippen molar-refractivity contribution < 1.29 is 4.79 Å². The minimum absolute atomic E-state index is 0.187. The Kier molecular flexibility index (Phi) is 4.06. The summed E-state index contributed by atoms with van der Waals surface area (Å²) in [5, 5.41) is 3.26. The van der Waals surface area contributed by atoms with E-state index in [0.717, 1.165) is 44.9 Å². The molecule has 2 aliphatic carbocycles. The van der Waals surface area contributed by atoms with Gasteiger partial charge in [-0.05, 0) is 56.1 Å². The van der Waals surface area contributed by atoms with Crippen LogP contribution in [-0.2, 0) is 17.6 Å². The third-order valence-electron chi connectivity index (χ3n) is 4.84. The van der Waals surface area contributed by atoms with Gasteiger partial charge < -0.3 is 11.1 Å². The first kappa shape index (κ1) is 13.6. The maximum Gasteiger partial charge on any atom is 0.223 e. The standard InChI is InChI=1S/C17H24N2O/c18-15-8-5-13(6-9-15)17(20)19-16-10-7-12-3-1-2-4-14(12)11-16/h1-4,13,15-16H,5-11,18H2,(H,19,20). The van der Waals surface area contributed by atoms with Crippen LogP contribution in [0.2, 0.25) is 0 Å². The van der Waals surface area contributed by atoms with Gasteiger partial charge in [-0.3, -0.25) is 4.79 Å². The molecule has 1 aromatic carbocycles. The Balaban J connectivity index is 1.55. The summed E-state index contributed by atoms with van der Waals surface area (Å²) < 4.78 is 0. The van der Waals surface area contributed by atoms with E-state index in [1.165, 1.54) is 11.1 Å². The number of rotatable bonds is 2. The second-order valence-corrected chi connectivity index (χ2v) is 6.33. The number of carbonyl (C=O) groups is 1. The summed E-state index contributed by atoms with van der Waals surface area (Å²) in [6.45, 7) is 0. The fourth-order valence-electron chi connectivity index (χ4n) is 3.52. The molecule has 1 saturated carbocycles. The molecule has 2 aliphatic rings. The summed E-state index contributed by atoms with van der Waals surface area (Å²) in [5.74, 6) is 0.438. The molecular weight excluding hydrogens is 248 g/mol. The Morgan fingerprint density at radius 1 is 1.05 bits per heavy atom. The molecule has 3 rings (SSSR count). The van der Waals surface area contributed by atoms with E-state index in [1.54, 1.807) is 0 Å². The summed E-state index contributed by atoms with van der Waals surface area (Å²) in [6, 6.07) is 9.20. The molecule has 0 aliphatic heterocycles. The van der Waals surface area contributed by atoms with Crippen LogP contribution >= 0.6 is 0 Å². The summed E-state index contributed by atoms with van der Waals surface area (Å²) in [4.78, 5) is 12.3. The van der Waals surface area contributed by atoms with Gasteiger partial charge in [-0.15, -0.1) is 0 Å². The zero-order valence-corrected chi connectivity index (χ0v) is 12.0. The van der Waals surface area contributed by atoms with Gasteiger partial charge in [-0.2, -0.15) is 0 Å². The van der Waals surface area contributed by atoms with Crippen molar-refractivity contribution in [2.75, 3.05) is 0 Å². The molecule has 0 heterocycles. The van der Waals surface area contributed by atoms with Gasteiger partial charge in [0.05, 0.1) is 0 Å². The maximum atomic E-state index is 12.3. The van der Waals surface area contributed by atoms with Gasteiger partial charge in [0.25, 0.3) is 0 Å². The summed E-state index contributed by atoms with van der Waals surface area (Å²) >= 11 is 0. The lowest BCUT2D eigenvalue weighted by Gasteiger charge is -2.29. The molecule has 0 aromatic heterocycles. The molecule has 1 aromatic rings. The first-order valence-electron chi connectivity index (χ1n) is 7.85. The highest BCUT2D eigenvalue weighted by atomic mass is 16.1. The van der Waals surface area contributed by atoms with Crippen LogP contribution in [0.5, 0.6) is 0 Å². The summed E-state index contributed by atoms with van der Waals surface area (Å²) in [6.07, 6.45) is 7.02. The highest BCUT2D eigenvalue weighted by molar-refractivity contribution is 5.79. The second kappa shape index (κ2) is 5.96. The van der Waals surface area contributed by atoms with E-state index in [4.69, 9.17) is 5.73 Å². The van der Waals surface area contributed by atoms with Crippen LogP contribution in [0, 0.1) is 5.92 Å². The van der Waals surface area contributed by atoms with E-state index in [1.807, 2.05) is 0 Å². The zero-order chi connectivity index (χ0) is 13.9. The minimum Gasteiger partial charge on any atom is -0.353 e. The molecule has 3 heteroatoms. The molecule has 1 atom stereocenters. The largest absolute Gasteiger partial charge is 0.353 e. The molecule has 1 fully saturated rings. The predicted octanol–water partition coefficient (Wildman–Crippen LogP) is 2.18. The topological polar surface area (TPSA) is 55.1 Å². The monoisotopic (exact) mass is 272 g/mol. The lowest BCUT2D eigenvalue weighted by molar-refractivity contribution is -0.126. The van der Waals surface area contributed by atoms with Crippen LogP contribution in [-0.4, -0.2) is 18.0 Å². The molecule has 0 bridgehead atoms. The van der Waals surface area contributed by atoms with Gasteiger partial charge in [0.2, 0.25) is 5.91 Å². The predicted molar refractivity (Wildman–Crippen MR) is 80.3 cm³/mol. The molecule has 3 N–H and O–H groups in total. The quantitative estimate of drug-likeness (QED) is 0.867. The Morgan fingerprint density at radius 3 is 2.50 bits per heavy atom. The molecule has 1 unspecified atom stereocenters. The first-order chi connectivity index (χ1) is 9.72. The third-order valence-corrected chi connectivity index (χ3v) is 4.84. The van der Waals surface area contributed by atoms with Crippen molar-refractivity contribution in [2.24, 2.45) is 11.7 Å². The van der Waals surface area contributed by atoms with E-state index < -0.39 is 0 Å². The number of carbonyl (C=O) groups excluding carboxylic acids is 1. The molecule has 0 saturated heterocycles. The van der Waals surface area contributed by atoms with E-state index >= 15 is 0 Å². The highest BCUT2D eigenvalue weighted by Gasteiger charge is 2.27. The number of aryl methyl sites for hydroxylation is 1. The van der Waals surface area contributed by atoms with Crippen LogP contribution < -0.4 is 11.1 Å². The maximum absolute atomic E-state index is 12.3. The Labute approximate surface area is 120 Å². The molecule has 1 amide bonds. The van der Waals surface area contributed by atoms with Crippen LogP contribution in [0.4, 0.5) is 0 Å².